The minimum absolute atomic E-state index is 0. The average molecular weight is 323 g/mol. The molecule has 4 nitrogen and oxygen atoms in total. The quantitative estimate of drug-likeness (QED) is 0.418. The van der Waals surface area contributed by atoms with Crippen LogP contribution in [0.15, 0.2) is 18.2 Å². The third-order valence-electron chi connectivity index (χ3n) is 3.47. The predicted octanol–water partition coefficient (Wildman–Crippen LogP) is -0.666. The Morgan fingerprint density at radius 2 is 2.15 bits per heavy atom. The molecule has 106 valence electrons. The van der Waals surface area contributed by atoms with Crippen LogP contribution in [0.1, 0.15) is 24.5 Å². The van der Waals surface area contributed by atoms with Crippen molar-refractivity contribution in [1.29, 1.82) is 0 Å². The number of fused-ring (bicyclic) bond motifs is 1. The third-order valence-corrected chi connectivity index (χ3v) is 5.48. The van der Waals surface area contributed by atoms with Crippen LogP contribution in [0.4, 0.5) is 5.69 Å². The number of rotatable bonds is 4. The topological polar surface area (TPSA) is 60.4 Å². The summed E-state index contributed by atoms with van der Waals surface area (Å²) in [5.41, 5.74) is 3.68. The number of benzene rings is 1. The van der Waals surface area contributed by atoms with Crippen LogP contribution in [-0.4, -0.2) is 31.3 Å². The molecule has 20 heavy (non-hydrogen) atoms. The first kappa shape index (κ1) is 18.3. The van der Waals surface area contributed by atoms with Crippen LogP contribution in [0.2, 0.25) is 0 Å². The van der Waals surface area contributed by atoms with Crippen molar-refractivity contribution < 1.29 is 42.5 Å². The van der Waals surface area contributed by atoms with E-state index in [0.717, 1.165) is 12.8 Å². The standard InChI is InChI=1S/C13H19NO3S2.Na/c1-10-3-5-12-6-4-11(2)14(13(12)9-10)7-8-18-19(15,16)17;/h3,5,9,11H,4,6-8H2,1-2H3,(H,15,16,17);/q;+1/p-1. The fourth-order valence-electron chi connectivity index (χ4n) is 2.49. The summed E-state index contributed by atoms with van der Waals surface area (Å²) < 4.78 is 31.9. The van der Waals surface area contributed by atoms with Gasteiger partial charge in [0.1, 0.15) is 9.15 Å². The van der Waals surface area contributed by atoms with Gasteiger partial charge in [0, 0.05) is 24.0 Å². The fraction of sp³-hybridized carbons (Fsp3) is 0.538. The molecule has 0 bridgehead atoms. The molecule has 0 aliphatic carbocycles. The first-order valence-corrected chi connectivity index (χ1v) is 9.24. The van der Waals surface area contributed by atoms with Crippen molar-refractivity contribution in [1.82, 2.24) is 0 Å². The van der Waals surface area contributed by atoms with Gasteiger partial charge in [-0.2, -0.15) is 0 Å². The molecule has 0 saturated carbocycles. The van der Waals surface area contributed by atoms with Gasteiger partial charge in [0.25, 0.3) is 0 Å². The third kappa shape index (κ3) is 4.93. The normalized spacial score (nSPS) is 18.4. The van der Waals surface area contributed by atoms with Gasteiger partial charge in [0.15, 0.2) is 0 Å². The molecule has 1 aromatic carbocycles. The SMILES string of the molecule is Cc1ccc2c(c1)N(CCSS(=O)(=O)[O-])C(C)CC2.[Na+]. The fourth-order valence-corrected chi connectivity index (χ4v) is 3.80. The van der Waals surface area contributed by atoms with Crippen LogP contribution in [0.3, 0.4) is 0 Å². The molecule has 0 radical (unpaired) electrons. The molecule has 1 aliphatic rings. The summed E-state index contributed by atoms with van der Waals surface area (Å²) in [6, 6.07) is 6.76. The van der Waals surface area contributed by atoms with Gasteiger partial charge < -0.3 is 9.45 Å². The van der Waals surface area contributed by atoms with Crippen molar-refractivity contribution in [2.75, 3.05) is 17.2 Å². The summed E-state index contributed by atoms with van der Waals surface area (Å²) in [4.78, 5) is 2.21. The number of hydrogen-bond acceptors (Lipinski definition) is 5. The predicted molar refractivity (Wildman–Crippen MR) is 78.5 cm³/mol. The Kier molecular flexibility index (Phi) is 6.89. The van der Waals surface area contributed by atoms with Gasteiger partial charge in [-0.25, -0.2) is 8.42 Å². The maximum Gasteiger partial charge on any atom is 1.00 e. The van der Waals surface area contributed by atoms with Gasteiger partial charge in [-0.1, -0.05) is 12.1 Å². The summed E-state index contributed by atoms with van der Waals surface area (Å²) in [6.07, 6.45) is 2.12. The molecule has 2 rings (SSSR count). The molecular weight excluding hydrogens is 305 g/mol. The minimum atomic E-state index is -4.19. The van der Waals surface area contributed by atoms with E-state index < -0.39 is 9.15 Å². The Morgan fingerprint density at radius 3 is 2.80 bits per heavy atom. The molecule has 0 spiro atoms. The van der Waals surface area contributed by atoms with Crippen LogP contribution in [0.25, 0.3) is 0 Å². The zero-order valence-electron chi connectivity index (χ0n) is 12.1. The van der Waals surface area contributed by atoms with Crippen LogP contribution < -0.4 is 34.5 Å². The number of nitrogens with zero attached hydrogens (tertiary/aromatic N) is 1. The molecule has 0 saturated heterocycles. The van der Waals surface area contributed by atoms with E-state index in [4.69, 9.17) is 0 Å². The summed E-state index contributed by atoms with van der Waals surface area (Å²) in [6.45, 7) is 4.78. The van der Waals surface area contributed by atoms with Crippen molar-refractivity contribution in [2.45, 2.75) is 32.7 Å². The largest absolute Gasteiger partial charge is 1.00 e. The van der Waals surface area contributed by atoms with Crippen LogP contribution in [-0.2, 0) is 15.6 Å². The molecule has 1 atom stereocenters. The molecule has 0 N–H and O–H groups in total. The summed E-state index contributed by atoms with van der Waals surface area (Å²) in [5, 5.41) is 0. The van der Waals surface area contributed by atoms with Gasteiger partial charge in [-0.15, -0.1) is 0 Å². The van der Waals surface area contributed by atoms with Gasteiger partial charge in [-0.3, -0.25) is 0 Å². The second-order valence-electron chi connectivity index (χ2n) is 4.94. The summed E-state index contributed by atoms with van der Waals surface area (Å²) in [7, 11) is -3.70. The molecule has 1 aliphatic heterocycles. The van der Waals surface area contributed by atoms with Crippen molar-refractivity contribution >= 4 is 25.6 Å². The Balaban J connectivity index is 0.00000200. The van der Waals surface area contributed by atoms with Gasteiger partial charge in [0.2, 0.25) is 0 Å². The monoisotopic (exact) mass is 323 g/mol. The molecule has 0 amide bonds. The van der Waals surface area contributed by atoms with Gasteiger partial charge >= 0.3 is 29.6 Å². The van der Waals surface area contributed by atoms with E-state index in [1.165, 1.54) is 16.8 Å². The van der Waals surface area contributed by atoms with E-state index in [0.29, 0.717) is 29.1 Å². The molecular formula is C13H18NNaO3S2. The minimum Gasteiger partial charge on any atom is -0.739 e. The molecule has 1 heterocycles. The summed E-state index contributed by atoms with van der Waals surface area (Å²) >= 11 is 0. The molecule has 1 aromatic rings. The Morgan fingerprint density at radius 1 is 1.45 bits per heavy atom. The molecule has 0 fully saturated rings. The Hall–Kier alpha value is 0.280. The van der Waals surface area contributed by atoms with Crippen molar-refractivity contribution in [3.63, 3.8) is 0 Å². The van der Waals surface area contributed by atoms with E-state index in [2.05, 4.69) is 36.9 Å². The van der Waals surface area contributed by atoms with E-state index in [9.17, 15) is 13.0 Å². The van der Waals surface area contributed by atoms with Crippen molar-refractivity contribution in [3.8, 4) is 0 Å². The second-order valence-corrected chi connectivity index (χ2v) is 8.34. The maximum absolute atomic E-state index is 10.6. The first-order valence-electron chi connectivity index (χ1n) is 6.33. The van der Waals surface area contributed by atoms with E-state index in [1.807, 2.05) is 0 Å². The first-order chi connectivity index (χ1) is 8.87. The van der Waals surface area contributed by atoms with Crippen LogP contribution in [0, 0.1) is 6.92 Å². The van der Waals surface area contributed by atoms with E-state index in [-0.39, 0.29) is 29.6 Å². The Labute approximate surface area is 146 Å². The van der Waals surface area contributed by atoms with Gasteiger partial charge in [0.05, 0.1) is 0 Å². The molecule has 1 unspecified atom stereocenters. The summed E-state index contributed by atoms with van der Waals surface area (Å²) in [5.74, 6) is 0.309. The second kappa shape index (κ2) is 7.51. The maximum atomic E-state index is 10.6. The van der Waals surface area contributed by atoms with E-state index in [1.54, 1.807) is 0 Å². The molecule has 0 aromatic heterocycles. The van der Waals surface area contributed by atoms with E-state index >= 15 is 0 Å². The number of hydrogen-bond donors (Lipinski definition) is 0. The van der Waals surface area contributed by atoms with Gasteiger partial charge in [-0.05, 0) is 54.7 Å². The number of aryl methyl sites for hydroxylation is 2. The van der Waals surface area contributed by atoms with Crippen molar-refractivity contribution in [2.24, 2.45) is 0 Å². The average Bonchev–Trinajstić information content (AvgIpc) is 2.30. The number of anilines is 1. The van der Waals surface area contributed by atoms with Crippen molar-refractivity contribution in [3.05, 3.63) is 29.3 Å². The Bertz CT molecular complexity index is 563. The zero-order valence-corrected chi connectivity index (χ0v) is 15.8. The molecule has 7 heteroatoms. The van der Waals surface area contributed by atoms with Crippen LogP contribution >= 0.6 is 10.8 Å². The van der Waals surface area contributed by atoms with Crippen LogP contribution in [0.5, 0.6) is 0 Å². The zero-order chi connectivity index (χ0) is 14.0. The smallest absolute Gasteiger partial charge is 0.739 e.